The van der Waals surface area contributed by atoms with Crippen LogP contribution < -0.4 is 0 Å². The van der Waals surface area contributed by atoms with E-state index in [0.717, 1.165) is 0 Å². The van der Waals surface area contributed by atoms with Crippen molar-refractivity contribution in [1.82, 2.24) is 15.0 Å². The summed E-state index contributed by atoms with van der Waals surface area (Å²) in [5.41, 5.74) is -2.01. The number of aromatic nitrogens is 3. The van der Waals surface area contributed by atoms with Gasteiger partial charge in [-0.25, -0.2) is 4.68 Å². The third kappa shape index (κ3) is 1.85. The van der Waals surface area contributed by atoms with Gasteiger partial charge in [0.05, 0.1) is 6.04 Å². The van der Waals surface area contributed by atoms with Crippen molar-refractivity contribution >= 4 is 0 Å². The summed E-state index contributed by atoms with van der Waals surface area (Å²) in [7, 11) is 0. The third-order valence-electron chi connectivity index (χ3n) is 1.78. The summed E-state index contributed by atoms with van der Waals surface area (Å²) in [6, 6.07) is -0.703. The van der Waals surface area contributed by atoms with E-state index in [1.165, 1.54) is 13.8 Å². The summed E-state index contributed by atoms with van der Waals surface area (Å²) in [4.78, 5) is 0. The maximum absolute atomic E-state index is 13.2. The maximum atomic E-state index is 13.2. The molecule has 9 heteroatoms. The Bertz CT molecular complexity index is 380. The van der Waals surface area contributed by atoms with Crippen LogP contribution in [0.5, 0.6) is 0 Å². The second kappa shape index (κ2) is 3.63. The zero-order valence-electron chi connectivity index (χ0n) is 8.19. The molecule has 0 aromatic carbocycles. The standard InChI is InChI=1S/C7H7F6N3/c1-3(2)16-5(8)4(14-15-16)6(9,10)7(11,12)13/h3H,1-2H3. The fourth-order valence-corrected chi connectivity index (χ4v) is 0.938. The van der Waals surface area contributed by atoms with Crippen LogP contribution in [-0.4, -0.2) is 21.2 Å². The van der Waals surface area contributed by atoms with E-state index in [1.807, 2.05) is 0 Å². The number of hydrogen-bond acceptors (Lipinski definition) is 2. The molecule has 0 fully saturated rings. The van der Waals surface area contributed by atoms with E-state index in [2.05, 4.69) is 10.3 Å². The van der Waals surface area contributed by atoms with Crippen LogP contribution >= 0.6 is 0 Å². The van der Waals surface area contributed by atoms with Gasteiger partial charge in [0.25, 0.3) is 0 Å². The normalized spacial score (nSPS) is 13.6. The number of alkyl halides is 5. The van der Waals surface area contributed by atoms with Gasteiger partial charge >= 0.3 is 12.1 Å². The Morgan fingerprint density at radius 3 is 1.94 bits per heavy atom. The van der Waals surface area contributed by atoms with Crippen molar-refractivity contribution in [3.8, 4) is 0 Å². The van der Waals surface area contributed by atoms with Gasteiger partial charge in [-0.05, 0) is 13.8 Å². The molecule has 0 saturated heterocycles. The second-order valence-electron chi connectivity index (χ2n) is 3.34. The quantitative estimate of drug-likeness (QED) is 0.752. The van der Waals surface area contributed by atoms with Gasteiger partial charge in [0.2, 0.25) is 5.95 Å². The highest BCUT2D eigenvalue weighted by atomic mass is 19.4. The minimum Gasteiger partial charge on any atom is -0.216 e. The lowest BCUT2D eigenvalue weighted by atomic mass is 10.2. The minimum atomic E-state index is -5.90. The highest BCUT2D eigenvalue weighted by molar-refractivity contribution is 5.08. The van der Waals surface area contributed by atoms with Crippen LogP contribution in [-0.2, 0) is 5.92 Å². The van der Waals surface area contributed by atoms with Crippen molar-refractivity contribution in [1.29, 1.82) is 0 Å². The maximum Gasteiger partial charge on any atom is 0.460 e. The predicted octanol–water partition coefficient (Wildman–Crippen LogP) is 2.65. The summed E-state index contributed by atoms with van der Waals surface area (Å²) in [6.45, 7) is 2.74. The monoisotopic (exact) mass is 247 g/mol. The highest BCUT2D eigenvalue weighted by Gasteiger charge is 2.62. The van der Waals surface area contributed by atoms with E-state index in [0.29, 0.717) is 4.68 Å². The van der Waals surface area contributed by atoms with Crippen LogP contribution in [0.2, 0.25) is 0 Å². The lowest BCUT2D eigenvalue weighted by molar-refractivity contribution is -0.292. The molecule has 1 heterocycles. The molecule has 0 N–H and O–H groups in total. The molecule has 1 rings (SSSR count). The van der Waals surface area contributed by atoms with E-state index in [1.54, 1.807) is 0 Å². The molecule has 0 aliphatic carbocycles. The zero-order valence-corrected chi connectivity index (χ0v) is 8.19. The minimum absolute atomic E-state index is 0.356. The molecule has 16 heavy (non-hydrogen) atoms. The van der Waals surface area contributed by atoms with Crippen molar-refractivity contribution in [3.63, 3.8) is 0 Å². The Kier molecular flexibility index (Phi) is 2.90. The predicted molar refractivity (Wildman–Crippen MR) is 40.3 cm³/mol. The molecule has 1 aromatic heterocycles. The highest BCUT2D eigenvalue weighted by Crippen LogP contribution is 2.43. The van der Waals surface area contributed by atoms with Gasteiger partial charge in [0, 0.05) is 0 Å². The van der Waals surface area contributed by atoms with Gasteiger partial charge < -0.3 is 0 Å². The van der Waals surface area contributed by atoms with Crippen LogP contribution in [0.1, 0.15) is 25.6 Å². The smallest absolute Gasteiger partial charge is 0.216 e. The lowest BCUT2D eigenvalue weighted by Gasteiger charge is -2.16. The van der Waals surface area contributed by atoms with Gasteiger partial charge in [-0.15, -0.1) is 5.10 Å². The van der Waals surface area contributed by atoms with E-state index in [9.17, 15) is 26.3 Å². The number of hydrogen-bond donors (Lipinski definition) is 0. The second-order valence-corrected chi connectivity index (χ2v) is 3.34. The average molecular weight is 247 g/mol. The topological polar surface area (TPSA) is 30.7 Å². The Hall–Kier alpha value is -1.28. The van der Waals surface area contributed by atoms with Crippen molar-refractivity contribution in [3.05, 3.63) is 11.6 Å². The summed E-state index contributed by atoms with van der Waals surface area (Å²) in [5, 5.41) is 5.45. The molecular formula is C7H7F6N3. The van der Waals surface area contributed by atoms with Crippen LogP contribution in [0.15, 0.2) is 0 Å². The van der Waals surface area contributed by atoms with E-state index in [4.69, 9.17) is 0 Å². The molecule has 3 nitrogen and oxygen atoms in total. The Morgan fingerprint density at radius 1 is 1.12 bits per heavy atom. The van der Waals surface area contributed by atoms with E-state index >= 15 is 0 Å². The number of nitrogens with zero attached hydrogens (tertiary/aromatic N) is 3. The van der Waals surface area contributed by atoms with Gasteiger partial charge in [-0.1, -0.05) is 5.21 Å². The first-order valence-corrected chi connectivity index (χ1v) is 4.14. The molecule has 0 spiro atoms. The number of rotatable bonds is 2. The largest absolute Gasteiger partial charge is 0.460 e. The Labute approximate surface area is 86.0 Å². The molecule has 0 bridgehead atoms. The van der Waals surface area contributed by atoms with E-state index < -0.39 is 29.8 Å². The Balaban J connectivity index is 3.25. The van der Waals surface area contributed by atoms with Gasteiger partial charge in [0.15, 0.2) is 5.69 Å². The first-order chi connectivity index (χ1) is 7.09. The van der Waals surface area contributed by atoms with E-state index in [-0.39, 0.29) is 0 Å². The molecule has 0 amide bonds. The van der Waals surface area contributed by atoms with Crippen molar-refractivity contribution in [2.45, 2.75) is 32.0 Å². The molecule has 0 aliphatic rings. The summed E-state index contributed by atoms with van der Waals surface area (Å²) in [5.74, 6) is -7.12. The SMILES string of the molecule is CC(C)n1nnc(C(F)(F)C(F)(F)F)c1F. The van der Waals surface area contributed by atoms with Gasteiger partial charge in [0.1, 0.15) is 0 Å². The Morgan fingerprint density at radius 2 is 1.62 bits per heavy atom. The fraction of sp³-hybridized carbons (Fsp3) is 0.714. The van der Waals surface area contributed by atoms with Crippen molar-refractivity contribution in [2.24, 2.45) is 0 Å². The molecule has 1 aromatic rings. The molecule has 0 aliphatic heterocycles. The lowest BCUT2D eigenvalue weighted by Crippen LogP contribution is -2.35. The van der Waals surface area contributed by atoms with Crippen LogP contribution in [0.4, 0.5) is 26.3 Å². The average Bonchev–Trinajstić information content (AvgIpc) is 2.44. The fourth-order valence-electron chi connectivity index (χ4n) is 0.938. The summed E-state index contributed by atoms with van der Waals surface area (Å²) < 4.78 is 74.7. The summed E-state index contributed by atoms with van der Waals surface area (Å²) in [6.07, 6.45) is -5.90. The molecular weight excluding hydrogens is 240 g/mol. The van der Waals surface area contributed by atoms with Gasteiger partial charge in [-0.2, -0.15) is 26.3 Å². The molecule has 92 valence electrons. The molecule has 0 atom stereocenters. The van der Waals surface area contributed by atoms with Crippen LogP contribution in [0, 0.1) is 5.95 Å². The van der Waals surface area contributed by atoms with Crippen LogP contribution in [0.3, 0.4) is 0 Å². The van der Waals surface area contributed by atoms with Crippen molar-refractivity contribution in [2.75, 3.05) is 0 Å². The van der Waals surface area contributed by atoms with Crippen LogP contribution in [0.25, 0.3) is 0 Å². The summed E-state index contributed by atoms with van der Waals surface area (Å²) >= 11 is 0. The molecule has 0 saturated carbocycles. The first kappa shape index (κ1) is 12.8. The van der Waals surface area contributed by atoms with Crippen molar-refractivity contribution < 1.29 is 26.3 Å². The third-order valence-corrected chi connectivity index (χ3v) is 1.78. The zero-order chi connectivity index (χ0) is 12.7. The molecule has 0 radical (unpaired) electrons. The first-order valence-electron chi connectivity index (χ1n) is 4.14. The van der Waals surface area contributed by atoms with Gasteiger partial charge in [-0.3, -0.25) is 0 Å². The molecule has 0 unspecified atom stereocenters. The number of halogens is 6.